The number of nitrogens with one attached hydrogen (secondary N) is 1. The van der Waals surface area contributed by atoms with Crippen molar-refractivity contribution < 1.29 is 4.74 Å². The summed E-state index contributed by atoms with van der Waals surface area (Å²) in [5.41, 5.74) is 2.64. The second-order valence-corrected chi connectivity index (χ2v) is 5.21. The van der Waals surface area contributed by atoms with Gasteiger partial charge in [0.05, 0.1) is 12.7 Å². The summed E-state index contributed by atoms with van der Waals surface area (Å²) in [5.74, 6) is 0. The molecule has 0 aromatic heterocycles. The summed E-state index contributed by atoms with van der Waals surface area (Å²) in [7, 11) is 0. The van der Waals surface area contributed by atoms with E-state index in [1.807, 2.05) is 0 Å². The fourth-order valence-corrected chi connectivity index (χ4v) is 1.91. The normalized spacial score (nSPS) is 12.9. The summed E-state index contributed by atoms with van der Waals surface area (Å²) in [6.45, 7) is 10.3. The maximum atomic E-state index is 5.89. The van der Waals surface area contributed by atoms with Crippen molar-refractivity contribution in [1.82, 2.24) is 5.32 Å². The van der Waals surface area contributed by atoms with Crippen molar-refractivity contribution in [2.75, 3.05) is 0 Å². The first-order chi connectivity index (χ1) is 8.63. The Morgan fingerprint density at radius 2 is 1.78 bits per heavy atom. The molecule has 0 fully saturated rings. The monoisotopic (exact) mass is 249 g/mol. The Bertz CT molecular complexity index is 336. The lowest BCUT2D eigenvalue weighted by molar-refractivity contribution is 0.0467. The molecule has 0 aliphatic rings. The van der Waals surface area contributed by atoms with E-state index in [4.69, 9.17) is 4.74 Å². The number of hydrogen-bond donors (Lipinski definition) is 1. The molecule has 0 saturated heterocycles. The van der Waals surface area contributed by atoms with Crippen LogP contribution < -0.4 is 5.32 Å². The van der Waals surface area contributed by atoms with E-state index in [1.165, 1.54) is 17.5 Å². The van der Waals surface area contributed by atoms with E-state index in [1.54, 1.807) is 0 Å². The highest BCUT2D eigenvalue weighted by atomic mass is 16.5. The van der Waals surface area contributed by atoms with Gasteiger partial charge in [0.25, 0.3) is 0 Å². The first-order valence-electron chi connectivity index (χ1n) is 7.05. The molecule has 0 saturated carbocycles. The van der Waals surface area contributed by atoms with Gasteiger partial charge in [-0.2, -0.15) is 0 Å². The van der Waals surface area contributed by atoms with Crippen LogP contribution >= 0.6 is 0 Å². The average Bonchev–Trinajstić information content (AvgIpc) is 2.35. The van der Waals surface area contributed by atoms with Gasteiger partial charge in [-0.25, -0.2) is 0 Å². The first-order valence-corrected chi connectivity index (χ1v) is 7.05. The first kappa shape index (κ1) is 15.2. The van der Waals surface area contributed by atoms with E-state index < -0.39 is 0 Å². The van der Waals surface area contributed by atoms with Gasteiger partial charge >= 0.3 is 0 Å². The van der Waals surface area contributed by atoms with E-state index in [9.17, 15) is 0 Å². The summed E-state index contributed by atoms with van der Waals surface area (Å²) in [6, 6.07) is 9.03. The molecule has 1 aromatic rings. The Morgan fingerprint density at radius 3 is 2.39 bits per heavy atom. The molecule has 18 heavy (non-hydrogen) atoms. The van der Waals surface area contributed by atoms with Crippen LogP contribution in [-0.4, -0.2) is 12.1 Å². The maximum absolute atomic E-state index is 5.89. The van der Waals surface area contributed by atoms with Gasteiger partial charge in [-0.3, -0.25) is 0 Å². The van der Waals surface area contributed by atoms with Crippen molar-refractivity contribution in [3.05, 3.63) is 35.4 Å². The van der Waals surface area contributed by atoms with Crippen molar-refractivity contribution in [3.8, 4) is 0 Å². The largest absolute Gasteiger partial charge is 0.374 e. The van der Waals surface area contributed by atoms with Crippen LogP contribution in [0.4, 0.5) is 0 Å². The van der Waals surface area contributed by atoms with Crippen LogP contribution in [0.3, 0.4) is 0 Å². The third-order valence-corrected chi connectivity index (χ3v) is 3.04. The molecule has 0 radical (unpaired) electrons. The standard InChI is InChI=1S/C16H27NO/c1-5-8-14(4)18-12-16-10-7-6-9-15(16)11-17-13(2)3/h6-7,9-10,13-14,17H,5,8,11-12H2,1-4H3. The maximum Gasteiger partial charge on any atom is 0.0723 e. The van der Waals surface area contributed by atoms with Crippen molar-refractivity contribution in [2.45, 2.75) is 65.8 Å². The minimum atomic E-state index is 0.348. The van der Waals surface area contributed by atoms with Gasteiger partial charge in [0.1, 0.15) is 0 Å². The summed E-state index contributed by atoms with van der Waals surface area (Å²) >= 11 is 0. The number of hydrogen-bond acceptors (Lipinski definition) is 2. The lowest BCUT2D eigenvalue weighted by Crippen LogP contribution is -2.22. The topological polar surface area (TPSA) is 21.3 Å². The van der Waals surface area contributed by atoms with Gasteiger partial charge in [0.15, 0.2) is 0 Å². The van der Waals surface area contributed by atoms with Crippen LogP contribution in [-0.2, 0) is 17.9 Å². The van der Waals surface area contributed by atoms with Gasteiger partial charge in [0.2, 0.25) is 0 Å². The summed E-state index contributed by atoms with van der Waals surface area (Å²) < 4.78 is 5.89. The lowest BCUT2D eigenvalue weighted by Gasteiger charge is -2.15. The molecule has 2 nitrogen and oxygen atoms in total. The smallest absolute Gasteiger partial charge is 0.0723 e. The zero-order valence-corrected chi connectivity index (χ0v) is 12.2. The minimum Gasteiger partial charge on any atom is -0.374 e. The third-order valence-electron chi connectivity index (χ3n) is 3.04. The van der Waals surface area contributed by atoms with Crippen molar-refractivity contribution in [2.24, 2.45) is 0 Å². The molecule has 0 bridgehead atoms. The van der Waals surface area contributed by atoms with Crippen LogP contribution in [0.25, 0.3) is 0 Å². The lowest BCUT2D eigenvalue weighted by atomic mass is 10.1. The zero-order chi connectivity index (χ0) is 13.4. The molecule has 1 aromatic carbocycles. The predicted octanol–water partition coefficient (Wildman–Crippen LogP) is 3.89. The van der Waals surface area contributed by atoms with Gasteiger partial charge in [-0.05, 0) is 24.5 Å². The fourth-order valence-electron chi connectivity index (χ4n) is 1.91. The second kappa shape index (κ2) is 8.28. The predicted molar refractivity (Wildman–Crippen MR) is 77.6 cm³/mol. The fraction of sp³-hybridized carbons (Fsp3) is 0.625. The SMILES string of the molecule is CCCC(C)OCc1ccccc1CNC(C)C. The second-order valence-electron chi connectivity index (χ2n) is 5.21. The van der Waals surface area contributed by atoms with Gasteiger partial charge < -0.3 is 10.1 Å². The van der Waals surface area contributed by atoms with Crippen molar-refractivity contribution in [1.29, 1.82) is 0 Å². The molecule has 1 N–H and O–H groups in total. The molecule has 1 unspecified atom stereocenters. The van der Waals surface area contributed by atoms with Gasteiger partial charge in [-0.1, -0.05) is 51.5 Å². The Kier molecular flexibility index (Phi) is 6.99. The van der Waals surface area contributed by atoms with Crippen molar-refractivity contribution in [3.63, 3.8) is 0 Å². The zero-order valence-electron chi connectivity index (χ0n) is 12.2. The molecule has 102 valence electrons. The van der Waals surface area contributed by atoms with E-state index in [-0.39, 0.29) is 0 Å². The average molecular weight is 249 g/mol. The molecule has 0 aliphatic heterocycles. The Labute approximate surface area is 112 Å². The molecule has 1 rings (SSSR count). The van der Waals surface area contributed by atoms with E-state index in [2.05, 4.69) is 57.3 Å². The van der Waals surface area contributed by atoms with Crippen LogP contribution in [0.5, 0.6) is 0 Å². The summed E-state index contributed by atoms with van der Waals surface area (Å²) in [6.07, 6.45) is 2.66. The minimum absolute atomic E-state index is 0.348. The molecule has 2 heteroatoms. The molecule has 0 spiro atoms. The Balaban J connectivity index is 2.53. The molecular formula is C16H27NO. The number of ether oxygens (including phenoxy) is 1. The third kappa shape index (κ3) is 5.65. The number of benzene rings is 1. The quantitative estimate of drug-likeness (QED) is 0.754. The summed E-state index contributed by atoms with van der Waals surface area (Å²) in [4.78, 5) is 0. The molecular weight excluding hydrogens is 222 g/mol. The Morgan fingerprint density at radius 1 is 1.11 bits per heavy atom. The van der Waals surface area contributed by atoms with Gasteiger partial charge in [0, 0.05) is 12.6 Å². The summed E-state index contributed by atoms with van der Waals surface area (Å²) in [5, 5.41) is 3.46. The van der Waals surface area contributed by atoms with E-state index in [0.717, 1.165) is 19.6 Å². The Hall–Kier alpha value is -0.860. The van der Waals surface area contributed by atoms with Gasteiger partial charge in [-0.15, -0.1) is 0 Å². The highest BCUT2D eigenvalue weighted by Gasteiger charge is 2.05. The highest BCUT2D eigenvalue weighted by molar-refractivity contribution is 5.26. The molecule has 0 amide bonds. The molecule has 0 aliphatic carbocycles. The highest BCUT2D eigenvalue weighted by Crippen LogP contribution is 2.12. The van der Waals surface area contributed by atoms with Crippen LogP contribution in [0.2, 0.25) is 0 Å². The van der Waals surface area contributed by atoms with E-state index >= 15 is 0 Å². The number of rotatable bonds is 8. The molecule has 1 atom stereocenters. The van der Waals surface area contributed by atoms with Crippen LogP contribution in [0.1, 0.15) is 51.7 Å². The van der Waals surface area contributed by atoms with Crippen molar-refractivity contribution >= 4 is 0 Å². The van der Waals surface area contributed by atoms with Crippen LogP contribution in [0, 0.1) is 0 Å². The van der Waals surface area contributed by atoms with Crippen LogP contribution in [0.15, 0.2) is 24.3 Å². The molecule has 0 heterocycles. The van der Waals surface area contributed by atoms with E-state index in [0.29, 0.717) is 12.1 Å².